The van der Waals surface area contributed by atoms with E-state index in [1.807, 2.05) is 4.68 Å². The molecule has 13 heavy (non-hydrogen) atoms. The second-order valence-electron chi connectivity index (χ2n) is 2.93. The van der Waals surface area contributed by atoms with Crippen LogP contribution in [-0.4, -0.2) is 36.0 Å². The first-order valence-corrected chi connectivity index (χ1v) is 4.85. The normalized spacial score (nSPS) is 17.8. The van der Waals surface area contributed by atoms with Crippen LogP contribution < -0.4 is 5.01 Å². The molecule has 0 radical (unpaired) electrons. The van der Waals surface area contributed by atoms with Gasteiger partial charge in [-0.1, -0.05) is 0 Å². The van der Waals surface area contributed by atoms with Crippen molar-refractivity contribution < 1.29 is 4.74 Å². The van der Waals surface area contributed by atoms with Gasteiger partial charge in [-0.2, -0.15) is 0 Å². The van der Waals surface area contributed by atoms with Gasteiger partial charge in [0.25, 0.3) is 0 Å². The lowest BCUT2D eigenvalue weighted by molar-refractivity contribution is 0.111. The van der Waals surface area contributed by atoms with Crippen molar-refractivity contribution in [1.82, 2.24) is 9.66 Å². The maximum Gasteiger partial charge on any atom is 0.114 e. The van der Waals surface area contributed by atoms with Gasteiger partial charge in [0.2, 0.25) is 0 Å². The third kappa shape index (κ3) is 1.78. The van der Waals surface area contributed by atoms with Crippen LogP contribution in [0.3, 0.4) is 0 Å². The highest BCUT2D eigenvalue weighted by molar-refractivity contribution is 6.16. The molecule has 0 spiro atoms. The third-order valence-corrected chi connectivity index (χ3v) is 2.40. The highest BCUT2D eigenvalue weighted by atomic mass is 35.5. The Morgan fingerprint density at radius 3 is 2.92 bits per heavy atom. The van der Waals surface area contributed by atoms with Gasteiger partial charge in [-0.3, -0.25) is 0 Å². The number of halogens is 1. The molecule has 0 saturated carbocycles. The monoisotopic (exact) mass is 201 g/mol. The fraction of sp³-hybridized carbons (Fsp3) is 0.625. The summed E-state index contributed by atoms with van der Waals surface area (Å²) in [6.45, 7) is 3.36. The number of ether oxygens (including phenoxy) is 1. The number of imidazole rings is 1. The van der Waals surface area contributed by atoms with Crippen LogP contribution >= 0.6 is 11.6 Å². The zero-order valence-corrected chi connectivity index (χ0v) is 8.07. The van der Waals surface area contributed by atoms with Crippen molar-refractivity contribution in [2.75, 3.05) is 31.3 Å². The Morgan fingerprint density at radius 1 is 1.46 bits per heavy atom. The molecule has 1 saturated heterocycles. The first-order chi connectivity index (χ1) is 6.42. The van der Waals surface area contributed by atoms with E-state index in [0.29, 0.717) is 5.88 Å². The van der Waals surface area contributed by atoms with Crippen LogP contribution in [0.5, 0.6) is 0 Å². The van der Waals surface area contributed by atoms with Crippen molar-refractivity contribution in [2.45, 2.75) is 5.88 Å². The number of hydrogen-bond donors (Lipinski definition) is 0. The Morgan fingerprint density at radius 2 is 2.23 bits per heavy atom. The lowest BCUT2D eigenvalue weighted by Gasteiger charge is -2.30. The zero-order valence-electron chi connectivity index (χ0n) is 7.32. The topological polar surface area (TPSA) is 30.3 Å². The van der Waals surface area contributed by atoms with Crippen molar-refractivity contribution >= 4 is 11.6 Å². The number of hydrogen-bond acceptors (Lipinski definition) is 3. The molecule has 0 amide bonds. The summed E-state index contributed by atoms with van der Waals surface area (Å²) in [7, 11) is 0. The van der Waals surface area contributed by atoms with Gasteiger partial charge in [-0.25, -0.2) is 9.66 Å². The number of rotatable bonds is 2. The average molecular weight is 202 g/mol. The van der Waals surface area contributed by atoms with Gasteiger partial charge >= 0.3 is 0 Å². The minimum atomic E-state index is 0.497. The molecule has 1 aliphatic heterocycles. The highest BCUT2D eigenvalue weighted by Gasteiger charge is 2.12. The van der Waals surface area contributed by atoms with Crippen LogP contribution in [0.25, 0.3) is 0 Å². The van der Waals surface area contributed by atoms with Gasteiger partial charge in [0, 0.05) is 0 Å². The molecule has 0 atom stereocenters. The Kier molecular flexibility index (Phi) is 2.71. The smallest absolute Gasteiger partial charge is 0.114 e. The van der Waals surface area contributed by atoms with Crippen molar-refractivity contribution in [3.63, 3.8) is 0 Å². The summed E-state index contributed by atoms with van der Waals surface area (Å²) in [6, 6.07) is 0. The third-order valence-electron chi connectivity index (χ3n) is 2.12. The largest absolute Gasteiger partial charge is 0.378 e. The molecule has 0 aliphatic carbocycles. The number of morpholine rings is 1. The van der Waals surface area contributed by atoms with E-state index in [1.165, 1.54) is 0 Å². The van der Waals surface area contributed by atoms with Crippen LogP contribution in [0.1, 0.15) is 5.69 Å². The molecule has 2 heterocycles. The molecule has 4 nitrogen and oxygen atoms in total. The summed E-state index contributed by atoms with van der Waals surface area (Å²) in [5.41, 5.74) is 1.03. The predicted molar refractivity (Wildman–Crippen MR) is 50.6 cm³/mol. The maximum atomic E-state index is 5.77. The Hall–Kier alpha value is -0.740. The molecule has 5 heteroatoms. The average Bonchev–Trinajstić information content (AvgIpc) is 2.67. The number of alkyl halides is 1. The van der Waals surface area contributed by atoms with Gasteiger partial charge in [0.1, 0.15) is 6.33 Å². The van der Waals surface area contributed by atoms with Gasteiger partial charge in [0.15, 0.2) is 0 Å². The van der Waals surface area contributed by atoms with Crippen LogP contribution in [0, 0.1) is 0 Å². The first kappa shape index (κ1) is 8.84. The van der Waals surface area contributed by atoms with Crippen molar-refractivity contribution in [3.8, 4) is 0 Å². The second-order valence-corrected chi connectivity index (χ2v) is 3.20. The van der Waals surface area contributed by atoms with Crippen molar-refractivity contribution in [2.24, 2.45) is 0 Å². The van der Waals surface area contributed by atoms with Crippen LogP contribution in [0.4, 0.5) is 0 Å². The molecule has 0 N–H and O–H groups in total. The fourth-order valence-electron chi connectivity index (χ4n) is 1.44. The molecular weight excluding hydrogens is 190 g/mol. The molecular formula is C8H12ClN3O. The predicted octanol–water partition coefficient (Wildman–Crippen LogP) is 0.590. The molecule has 0 bridgehead atoms. The van der Waals surface area contributed by atoms with E-state index >= 15 is 0 Å². The first-order valence-electron chi connectivity index (χ1n) is 4.32. The zero-order chi connectivity index (χ0) is 9.10. The summed E-state index contributed by atoms with van der Waals surface area (Å²) < 4.78 is 7.27. The molecule has 1 aromatic heterocycles. The summed E-state index contributed by atoms with van der Waals surface area (Å²) in [5.74, 6) is 0.497. The van der Waals surface area contributed by atoms with Gasteiger partial charge in [-0.05, 0) is 0 Å². The van der Waals surface area contributed by atoms with E-state index in [1.54, 1.807) is 12.5 Å². The lowest BCUT2D eigenvalue weighted by atomic mass is 10.5. The van der Waals surface area contributed by atoms with Crippen LogP contribution in [0.2, 0.25) is 0 Å². The Balaban J connectivity index is 2.13. The Labute approximate surface area is 82.0 Å². The summed E-state index contributed by atoms with van der Waals surface area (Å²) in [6.07, 6.45) is 3.59. The summed E-state index contributed by atoms with van der Waals surface area (Å²) in [5, 5.41) is 2.19. The van der Waals surface area contributed by atoms with E-state index in [2.05, 4.69) is 9.99 Å². The molecule has 1 aliphatic rings. The van der Waals surface area contributed by atoms with Gasteiger partial charge in [0.05, 0.1) is 44.1 Å². The molecule has 0 aromatic carbocycles. The Bertz CT molecular complexity index is 270. The fourth-order valence-corrected chi connectivity index (χ4v) is 1.63. The van der Waals surface area contributed by atoms with E-state index in [9.17, 15) is 0 Å². The number of nitrogens with zero attached hydrogens (tertiary/aromatic N) is 3. The minimum Gasteiger partial charge on any atom is -0.378 e. The molecule has 1 fully saturated rings. The van der Waals surface area contributed by atoms with E-state index in [-0.39, 0.29) is 0 Å². The van der Waals surface area contributed by atoms with E-state index in [4.69, 9.17) is 16.3 Å². The maximum absolute atomic E-state index is 5.77. The van der Waals surface area contributed by atoms with Gasteiger partial charge in [-0.15, -0.1) is 11.6 Å². The lowest BCUT2D eigenvalue weighted by Crippen LogP contribution is -2.44. The SMILES string of the molecule is ClCc1cncn1N1CCOCC1. The quantitative estimate of drug-likeness (QED) is 0.657. The molecule has 72 valence electrons. The van der Waals surface area contributed by atoms with Crippen LogP contribution in [0.15, 0.2) is 12.5 Å². The standard InChI is InChI=1S/C8H12ClN3O/c9-5-8-6-10-7-12(8)11-1-3-13-4-2-11/h6-7H,1-5H2. The van der Waals surface area contributed by atoms with Crippen molar-refractivity contribution in [1.29, 1.82) is 0 Å². The summed E-state index contributed by atoms with van der Waals surface area (Å²) in [4.78, 5) is 4.06. The molecule has 2 rings (SSSR count). The highest BCUT2D eigenvalue weighted by Crippen LogP contribution is 2.05. The van der Waals surface area contributed by atoms with Crippen molar-refractivity contribution in [3.05, 3.63) is 18.2 Å². The molecule has 0 unspecified atom stereocenters. The van der Waals surface area contributed by atoms with Crippen LogP contribution in [-0.2, 0) is 10.6 Å². The van der Waals surface area contributed by atoms with Gasteiger partial charge < -0.3 is 9.75 Å². The summed E-state index contributed by atoms with van der Waals surface area (Å²) >= 11 is 5.77. The van der Waals surface area contributed by atoms with E-state index < -0.39 is 0 Å². The minimum absolute atomic E-state index is 0.497. The number of aromatic nitrogens is 2. The molecule has 1 aromatic rings. The van der Waals surface area contributed by atoms with E-state index in [0.717, 1.165) is 32.0 Å². The second kappa shape index (κ2) is 3.98.